The van der Waals surface area contributed by atoms with Gasteiger partial charge < -0.3 is 10.1 Å². The van der Waals surface area contributed by atoms with Crippen molar-refractivity contribution < 1.29 is 19.1 Å². The zero-order chi connectivity index (χ0) is 18.1. The number of hydrogen-bond donors (Lipinski definition) is 2. The van der Waals surface area contributed by atoms with Gasteiger partial charge in [0.05, 0.1) is 19.7 Å². The predicted octanol–water partition coefficient (Wildman–Crippen LogP) is 1.84. The van der Waals surface area contributed by atoms with Gasteiger partial charge in [-0.25, -0.2) is 4.79 Å². The van der Waals surface area contributed by atoms with Crippen molar-refractivity contribution in [3.63, 3.8) is 0 Å². The van der Waals surface area contributed by atoms with E-state index in [4.69, 9.17) is 0 Å². The van der Waals surface area contributed by atoms with Crippen molar-refractivity contribution in [2.75, 3.05) is 31.6 Å². The molecule has 0 spiro atoms. The summed E-state index contributed by atoms with van der Waals surface area (Å²) in [6.45, 7) is 8.09. The van der Waals surface area contributed by atoms with E-state index in [0.29, 0.717) is 6.54 Å². The number of carbonyl (C=O) groups is 3. The van der Waals surface area contributed by atoms with Crippen molar-refractivity contribution >= 4 is 23.6 Å². The van der Waals surface area contributed by atoms with Crippen LogP contribution in [0.15, 0.2) is 18.2 Å². The van der Waals surface area contributed by atoms with Gasteiger partial charge in [-0.15, -0.1) is 0 Å². The van der Waals surface area contributed by atoms with Gasteiger partial charge in [0.25, 0.3) is 0 Å². The summed E-state index contributed by atoms with van der Waals surface area (Å²) >= 11 is 0. The monoisotopic (exact) mass is 335 g/mol. The summed E-state index contributed by atoms with van der Waals surface area (Å²) in [6.07, 6.45) is -0.779. The molecule has 7 heteroatoms. The Balaban J connectivity index is 2.55. The number of ether oxygens (including phenoxy) is 1. The summed E-state index contributed by atoms with van der Waals surface area (Å²) in [5, 5.41) is 4.96. The molecule has 0 aliphatic rings. The number of imide groups is 1. The third-order valence-electron chi connectivity index (χ3n) is 3.58. The molecular weight excluding hydrogens is 310 g/mol. The molecule has 0 saturated heterocycles. The third-order valence-corrected chi connectivity index (χ3v) is 3.58. The van der Waals surface area contributed by atoms with Gasteiger partial charge in [0.15, 0.2) is 0 Å². The van der Waals surface area contributed by atoms with E-state index in [1.807, 2.05) is 39.0 Å². The highest BCUT2D eigenvalue weighted by Gasteiger charge is 2.16. The Morgan fingerprint density at radius 2 is 1.75 bits per heavy atom. The fraction of sp³-hybridized carbons (Fsp3) is 0.471. The van der Waals surface area contributed by atoms with Crippen LogP contribution in [-0.2, 0) is 14.3 Å². The minimum Gasteiger partial charge on any atom is -0.450 e. The standard InChI is InChI=1S/C17H25N3O4/c1-5-20(11-16(22)19-17(23)24-6-2)10-15(21)18-14-9-7-8-12(3)13(14)4/h7-9H,5-6,10-11H2,1-4H3,(H,18,21)(H,19,22,23). The Bertz CT molecular complexity index is 601. The maximum absolute atomic E-state index is 12.2. The van der Waals surface area contributed by atoms with Crippen molar-refractivity contribution in [1.29, 1.82) is 0 Å². The molecule has 1 aromatic carbocycles. The zero-order valence-electron chi connectivity index (χ0n) is 14.6. The number of aryl methyl sites for hydroxylation is 1. The Labute approximate surface area is 142 Å². The van der Waals surface area contributed by atoms with E-state index in [9.17, 15) is 14.4 Å². The molecule has 0 radical (unpaired) electrons. The fourth-order valence-electron chi connectivity index (χ4n) is 2.08. The first-order chi connectivity index (χ1) is 11.4. The maximum Gasteiger partial charge on any atom is 0.413 e. The van der Waals surface area contributed by atoms with Crippen molar-refractivity contribution in [3.05, 3.63) is 29.3 Å². The first-order valence-electron chi connectivity index (χ1n) is 7.92. The molecule has 0 aliphatic heterocycles. The van der Waals surface area contributed by atoms with Crippen LogP contribution in [0.25, 0.3) is 0 Å². The number of amides is 3. The van der Waals surface area contributed by atoms with Gasteiger partial charge in [-0.05, 0) is 44.5 Å². The van der Waals surface area contributed by atoms with Crippen LogP contribution in [0, 0.1) is 13.8 Å². The summed E-state index contributed by atoms with van der Waals surface area (Å²) in [5.74, 6) is -0.718. The van der Waals surface area contributed by atoms with E-state index in [0.717, 1.165) is 16.8 Å². The minimum atomic E-state index is -0.779. The lowest BCUT2D eigenvalue weighted by Crippen LogP contribution is -2.43. The van der Waals surface area contributed by atoms with E-state index >= 15 is 0 Å². The quantitative estimate of drug-likeness (QED) is 0.794. The summed E-state index contributed by atoms with van der Waals surface area (Å²) in [6, 6.07) is 5.69. The van der Waals surface area contributed by atoms with E-state index in [1.54, 1.807) is 11.8 Å². The smallest absolute Gasteiger partial charge is 0.413 e. The number of carbonyl (C=O) groups excluding carboxylic acids is 3. The Morgan fingerprint density at radius 1 is 1.08 bits per heavy atom. The molecular formula is C17H25N3O4. The lowest BCUT2D eigenvalue weighted by molar-refractivity contribution is -0.122. The SMILES string of the molecule is CCOC(=O)NC(=O)CN(CC)CC(=O)Nc1cccc(C)c1C. The van der Waals surface area contributed by atoms with Gasteiger partial charge in [0, 0.05) is 5.69 Å². The van der Waals surface area contributed by atoms with E-state index in [2.05, 4.69) is 15.4 Å². The predicted molar refractivity (Wildman–Crippen MR) is 91.8 cm³/mol. The number of benzene rings is 1. The second-order valence-electron chi connectivity index (χ2n) is 5.37. The highest BCUT2D eigenvalue weighted by atomic mass is 16.5. The Kier molecular flexibility index (Phi) is 7.91. The zero-order valence-corrected chi connectivity index (χ0v) is 14.6. The molecule has 0 heterocycles. The molecule has 3 amide bonds. The van der Waals surface area contributed by atoms with Crippen molar-refractivity contribution in [2.24, 2.45) is 0 Å². The fourth-order valence-corrected chi connectivity index (χ4v) is 2.08. The molecule has 0 bridgehead atoms. The number of nitrogens with zero attached hydrogens (tertiary/aromatic N) is 1. The lowest BCUT2D eigenvalue weighted by Gasteiger charge is -2.19. The number of alkyl carbamates (subject to hydrolysis) is 1. The highest BCUT2D eigenvalue weighted by molar-refractivity contribution is 5.95. The number of likely N-dealkylation sites (N-methyl/N-ethyl adjacent to an activating group) is 1. The van der Waals surface area contributed by atoms with Gasteiger partial charge in [-0.3, -0.25) is 19.8 Å². The van der Waals surface area contributed by atoms with E-state index < -0.39 is 12.0 Å². The van der Waals surface area contributed by atoms with Gasteiger partial charge >= 0.3 is 6.09 Å². The Morgan fingerprint density at radius 3 is 2.38 bits per heavy atom. The highest BCUT2D eigenvalue weighted by Crippen LogP contribution is 2.17. The Hall–Kier alpha value is -2.41. The molecule has 0 fully saturated rings. The van der Waals surface area contributed by atoms with Crippen LogP contribution in [0.1, 0.15) is 25.0 Å². The van der Waals surface area contributed by atoms with Crippen LogP contribution in [0.5, 0.6) is 0 Å². The molecule has 2 N–H and O–H groups in total. The third kappa shape index (κ3) is 6.37. The number of nitrogens with one attached hydrogen (secondary N) is 2. The molecule has 0 saturated carbocycles. The van der Waals surface area contributed by atoms with Crippen LogP contribution in [0.3, 0.4) is 0 Å². The van der Waals surface area contributed by atoms with Gasteiger partial charge in [-0.1, -0.05) is 19.1 Å². The second-order valence-corrected chi connectivity index (χ2v) is 5.37. The van der Waals surface area contributed by atoms with Crippen molar-refractivity contribution in [3.8, 4) is 0 Å². The molecule has 0 aliphatic carbocycles. The number of rotatable bonds is 7. The topological polar surface area (TPSA) is 87.7 Å². The molecule has 132 valence electrons. The van der Waals surface area contributed by atoms with Crippen LogP contribution in [0.4, 0.5) is 10.5 Å². The van der Waals surface area contributed by atoms with Crippen molar-refractivity contribution in [1.82, 2.24) is 10.2 Å². The minimum absolute atomic E-state index is 0.0557. The van der Waals surface area contributed by atoms with Crippen LogP contribution in [-0.4, -0.2) is 49.0 Å². The summed E-state index contributed by atoms with van der Waals surface area (Å²) < 4.78 is 4.64. The summed E-state index contributed by atoms with van der Waals surface area (Å²) in [7, 11) is 0. The summed E-state index contributed by atoms with van der Waals surface area (Å²) in [4.78, 5) is 36.8. The lowest BCUT2D eigenvalue weighted by atomic mass is 10.1. The van der Waals surface area contributed by atoms with Gasteiger partial charge in [0.1, 0.15) is 0 Å². The maximum atomic E-state index is 12.2. The van der Waals surface area contributed by atoms with Crippen LogP contribution in [0.2, 0.25) is 0 Å². The molecule has 0 unspecified atom stereocenters. The average Bonchev–Trinajstić information content (AvgIpc) is 2.51. The molecule has 24 heavy (non-hydrogen) atoms. The van der Waals surface area contributed by atoms with Crippen LogP contribution < -0.4 is 10.6 Å². The molecule has 1 rings (SSSR count). The van der Waals surface area contributed by atoms with Gasteiger partial charge in [0.2, 0.25) is 11.8 Å². The number of hydrogen-bond acceptors (Lipinski definition) is 5. The molecule has 0 aromatic heterocycles. The normalized spacial score (nSPS) is 10.4. The average molecular weight is 335 g/mol. The molecule has 1 aromatic rings. The largest absolute Gasteiger partial charge is 0.450 e. The first-order valence-corrected chi connectivity index (χ1v) is 7.92. The summed E-state index contributed by atoms with van der Waals surface area (Å²) in [5.41, 5.74) is 2.86. The first kappa shape index (κ1) is 19.6. The van der Waals surface area contributed by atoms with Gasteiger partial charge in [-0.2, -0.15) is 0 Å². The van der Waals surface area contributed by atoms with Crippen molar-refractivity contribution in [2.45, 2.75) is 27.7 Å². The molecule has 7 nitrogen and oxygen atoms in total. The van der Waals surface area contributed by atoms with E-state index in [1.165, 1.54) is 0 Å². The number of anilines is 1. The second kappa shape index (κ2) is 9.67. The van der Waals surface area contributed by atoms with Crippen LogP contribution >= 0.6 is 0 Å². The van der Waals surface area contributed by atoms with E-state index in [-0.39, 0.29) is 25.6 Å². The molecule has 0 atom stereocenters.